The van der Waals surface area contributed by atoms with E-state index in [1.807, 2.05) is 0 Å². The molecule has 6 heteroatoms. The molecule has 0 radical (unpaired) electrons. The lowest BCUT2D eigenvalue weighted by atomic mass is 9.89. The van der Waals surface area contributed by atoms with Crippen molar-refractivity contribution in [3.8, 4) is 0 Å². The smallest absolute Gasteiger partial charge is 0.408 e. The van der Waals surface area contributed by atoms with Crippen molar-refractivity contribution < 1.29 is 23.8 Å². The van der Waals surface area contributed by atoms with Crippen LogP contribution >= 0.6 is 0 Å². The molecule has 0 bridgehead atoms. The van der Waals surface area contributed by atoms with Gasteiger partial charge in [0, 0.05) is 19.3 Å². The third-order valence-electron chi connectivity index (χ3n) is 2.96. The van der Waals surface area contributed by atoms with E-state index in [4.69, 9.17) is 14.2 Å². The average Bonchev–Trinajstić information content (AvgIpc) is 2.35. The molecule has 1 aliphatic heterocycles. The van der Waals surface area contributed by atoms with Gasteiger partial charge in [-0.2, -0.15) is 0 Å². The molecule has 0 atom stereocenters. The molecule has 1 amide bonds. The van der Waals surface area contributed by atoms with E-state index in [0.29, 0.717) is 32.7 Å². The van der Waals surface area contributed by atoms with Gasteiger partial charge >= 0.3 is 12.1 Å². The Hall–Kier alpha value is -1.56. The first-order valence-corrected chi connectivity index (χ1v) is 7.21. The fraction of sp³-hybridized carbons (Fsp3) is 0.733. The zero-order valence-corrected chi connectivity index (χ0v) is 13.2. The number of esters is 1. The minimum atomic E-state index is -0.632. The molecular formula is C15H25NO5. The van der Waals surface area contributed by atoms with E-state index < -0.39 is 23.2 Å². The number of alkyl carbamates (subject to hydrolysis) is 1. The number of carbonyl (C=O) groups is 2. The quantitative estimate of drug-likeness (QED) is 0.636. The molecule has 1 aliphatic rings. The van der Waals surface area contributed by atoms with Crippen LogP contribution in [0.5, 0.6) is 0 Å². The van der Waals surface area contributed by atoms with Crippen LogP contribution in [0.25, 0.3) is 0 Å². The molecule has 21 heavy (non-hydrogen) atoms. The first-order valence-electron chi connectivity index (χ1n) is 7.21. The Morgan fingerprint density at radius 1 is 1.29 bits per heavy atom. The summed E-state index contributed by atoms with van der Waals surface area (Å²) in [4.78, 5) is 23.4. The first-order chi connectivity index (χ1) is 9.76. The van der Waals surface area contributed by atoms with Crippen LogP contribution < -0.4 is 5.32 Å². The largest absolute Gasteiger partial charge is 0.463 e. The molecule has 1 saturated heterocycles. The number of carbonyl (C=O) groups excluding carboxylic acids is 2. The third kappa shape index (κ3) is 6.62. The maximum Gasteiger partial charge on any atom is 0.408 e. The number of nitrogens with one attached hydrogen (secondary N) is 1. The SMILES string of the molecule is CCOC(=O)/C=C/C1(NC(=O)OC(C)(C)C)CCOCC1. The molecule has 120 valence electrons. The van der Waals surface area contributed by atoms with Gasteiger partial charge < -0.3 is 19.5 Å². The second-order valence-corrected chi connectivity index (χ2v) is 5.98. The van der Waals surface area contributed by atoms with Crippen LogP contribution in [-0.2, 0) is 19.0 Å². The van der Waals surface area contributed by atoms with E-state index in [9.17, 15) is 9.59 Å². The van der Waals surface area contributed by atoms with Gasteiger partial charge in [-0.05, 0) is 40.5 Å². The first kappa shape index (κ1) is 17.5. The maximum atomic E-state index is 12.0. The molecule has 0 saturated carbocycles. The molecule has 1 rings (SSSR count). The van der Waals surface area contributed by atoms with Crippen molar-refractivity contribution in [1.82, 2.24) is 5.32 Å². The molecule has 1 fully saturated rings. The third-order valence-corrected chi connectivity index (χ3v) is 2.96. The van der Waals surface area contributed by atoms with Gasteiger partial charge in [0.15, 0.2) is 0 Å². The van der Waals surface area contributed by atoms with E-state index in [0.717, 1.165) is 0 Å². The topological polar surface area (TPSA) is 73.9 Å². The van der Waals surface area contributed by atoms with Crippen molar-refractivity contribution in [2.45, 2.75) is 51.7 Å². The number of hydrogen-bond donors (Lipinski definition) is 1. The summed E-state index contributed by atoms with van der Waals surface area (Å²) in [6.07, 6.45) is 3.70. The number of amides is 1. The Bertz CT molecular complexity index is 391. The summed E-state index contributed by atoms with van der Waals surface area (Å²) in [7, 11) is 0. The molecule has 0 aromatic carbocycles. The second kappa shape index (κ2) is 7.45. The minimum Gasteiger partial charge on any atom is -0.463 e. The fourth-order valence-electron chi connectivity index (χ4n) is 1.99. The lowest BCUT2D eigenvalue weighted by Gasteiger charge is -2.35. The van der Waals surface area contributed by atoms with Crippen LogP contribution in [0.15, 0.2) is 12.2 Å². The molecular weight excluding hydrogens is 274 g/mol. The zero-order valence-electron chi connectivity index (χ0n) is 13.2. The standard InChI is InChI=1S/C15H25NO5/c1-5-20-12(17)6-7-15(8-10-19-11-9-15)16-13(18)21-14(2,3)4/h6-7H,5,8-11H2,1-4H3,(H,16,18)/b7-6+. The van der Waals surface area contributed by atoms with Crippen molar-refractivity contribution in [1.29, 1.82) is 0 Å². The Kier molecular flexibility index (Phi) is 6.20. The lowest BCUT2D eigenvalue weighted by Crippen LogP contribution is -2.52. The molecule has 0 aliphatic carbocycles. The van der Waals surface area contributed by atoms with Crippen LogP contribution in [-0.4, -0.2) is 43.0 Å². The summed E-state index contributed by atoms with van der Waals surface area (Å²) in [6.45, 7) is 8.51. The Morgan fingerprint density at radius 2 is 1.90 bits per heavy atom. The summed E-state index contributed by atoms with van der Waals surface area (Å²) < 4.78 is 15.5. The molecule has 1 heterocycles. The molecule has 6 nitrogen and oxygen atoms in total. The lowest BCUT2D eigenvalue weighted by molar-refractivity contribution is -0.137. The normalized spacial score (nSPS) is 18.3. The predicted molar refractivity (Wildman–Crippen MR) is 77.9 cm³/mol. The van der Waals surface area contributed by atoms with E-state index >= 15 is 0 Å². The molecule has 0 aromatic heterocycles. The van der Waals surface area contributed by atoms with Gasteiger partial charge in [-0.25, -0.2) is 9.59 Å². The van der Waals surface area contributed by atoms with Gasteiger partial charge in [-0.15, -0.1) is 0 Å². The van der Waals surface area contributed by atoms with E-state index in [1.165, 1.54) is 6.08 Å². The van der Waals surface area contributed by atoms with Gasteiger partial charge in [-0.3, -0.25) is 0 Å². The second-order valence-electron chi connectivity index (χ2n) is 5.98. The van der Waals surface area contributed by atoms with Gasteiger partial charge in [-0.1, -0.05) is 6.08 Å². The Balaban J connectivity index is 2.74. The van der Waals surface area contributed by atoms with Crippen molar-refractivity contribution in [3.63, 3.8) is 0 Å². The average molecular weight is 299 g/mol. The predicted octanol–water partition coefficient (Wildman–Crippen LogP) is 2.18. The maximum absolute atomic E-state index is 12.0. The highest BCUT2D eigenvalue weighted by molar-refractivity contribution is 5.82. The molecule has 0 unspecified atom stereocenters. The number of hydrogen-bond acceptors (Lipinski definition) is 5. The summed E-state index contributed by atoms with van der Waals surface area (Å²) >= 11 is 0. The summed E-state index contributed by atoms with van der Waals surface area (Å²) in [5.41, 5.74) is -1.20. The number of rotatable bonds is 4. The van der Waals surface area contributed by atoms with Crippen LogP contribution in [0.4, 0.5) is 4.79 Å². The van der Waals surface area contributed by atoms with Gasteiger partial charge in [0.25, 0.3) is 0 Å². The van der Waals surface area contributed by atoms with Crippen LogP contribution in [0, 0.1) is 0 Å². The van der Waals surface area contributed by atoms with Gasteiger partial charge in [0.1, 0.15) is 5.60 Å². The van der Waals surface area contributed by atoms with Crippen molar-refractivity contribution >= 4 is 12.1 Å². The van der Waals surface area contributed by atoms with Gasteiger partial charge in [0.2, 0.25) is 0 Å². The molecule has 0 aromatic rings. The van der Waals surface area contributed by atoms with E-state index in [1.54, 1.807) is 33.8 Å². The van der Waals surface area contributed by atoms with Crippen molar-refractivity contribution in [3.05, 3.63) is 12.2 Å². The van der Waals surface area contributed by atoms with E-state index in [2.05, 4.69) is 5.32 Å². The van der Waals surface area contributed by atoms with Gasteiger partial charge in [0.05, 0.1) is 12.1 Å². The number of ether oxygens (including phenoxy) is 3. The highest BCUT2D eigenvalue weighted by atomic mass is 16.6. The van der Waals surface area contributed by atoms with Crippen LogP contribution in [0.1, 0.15) is 40.5 Å². The molecule has 0 spiro atoms. The molecule has 1 N–H and O–H groups in total. The van der Waals surface area contributed by atoms with Crippen molar-refractivity contribution in [2.24, 2.45) is 0 Å². The van der Waals surface area contributed by atoms with Crippen LogP contribution in [0.3, 0.4) is 0 Å². The Morgan fingerprint density at radius 3 is 2.43 bits per heavy atom. The summed E-state index contributed by atoms with van der Waals surface area (Å²) in [5, 5.41) is 2.85. The highest BCUT2D eigenvalue weighted by Crippen LogP contribution is 2.23. The zero-order chi connectivity index (χ0) is 15.9. The monoisotopic (exact) mass is 299 g/mol. The summed E-state index contributed by atoms with van der Waals surface area (Å²) in [5.74, 6) is -0.422. The van der Waals surface area contributed by atoms with Crippen LogP contribution in [0.2, 0.25) is 0 Å². The summed E-state index contributed by atoms with van der Waals surface area (Å²) in [6, 6.07) is 0. The van der Waals surface area contributed by atoms with Crippen molar-refractivity contribution in [2.75, 3.05) is 19.8 Å². The minimum absolute atomic E-state index is 0.318. The Labute approximate surface area is 125 Å². The fourth-order valence-corrected chi connectivity index (χ4v) is 1.99. The van der Waals surface area contributed by atoms with E-state index in [-0.39, 0.29) is 0 Å². The highest BCUT2D eigenvalue weighted by Gasteiger charge is 2.33.